The molecule has 1 atom stereocenters. The molecule has 2 aromatic rings. The molecule has 0 fully saturated rings. The van der Waals surface area contributed by atoms with Crippen molar-refractivity contribution in [3.05, 3.63) is 35.2 Å². The van der Waals surface area contributed by atoms with E-state index in [1.807, 2.05) is 45.5 Å². The molecule has 0 aliphatic rings. The minimum Gasteiger partial charge on any atom is -0.354 e. The van der Waals surface area contributed by atoms with Gasteiger partial charge in [0.25, 0.3) is 5.91 Å². The Bertz CT molecular complexity index is 612. The summed E-state index contributed by atoms with van der Waals surface area (Å²) < 4.78 is 7.08. The highest BCUT2D eigenvalue weighted by Crippen LogP contribution is 2.16. The summed E-state index contributed by atoms with van der Waals surface area (Å²) in [7, 11) is 1.91. The zero-order valence-corrected chi connectivity index (χ0v) is 12.5. The Morgan fingerprint density at radius 2 is 2.10 bits per heavy atom. The van der Waals surface area contributed by atoms with Crippen molar-refractivity contribution in [1.82, 2.24) is 20.0 Å². The molecule has 2 rings (SSSR count). The van der Waals surface area contributed by atoms with Gasteiger partial charge in [-0.3, -0.25) is 4.79 Å². The number of hydrogen-bond acceptors (Lipinski definition) is 4. The van der Waals surface area contributed by atoms with Crippen molar-refractivity contribution in [2.45, 2.75) is 39.7 Å². The third-order valence-corrected chi connectivity index (χ3v) is 3.32. The van der Waals surface area contributed by atoms with E-state index in [4.69, 9.17) is 4.52 Å². The number of carbonyl (C=O) groups excluding carboxylic acids is 1. The van der Waals surface area contributed by atoms with Gasteiger partial charge in [-0.05, 0) is 19.9 Å². The maximum atomic E-state index is 12.2. The van der Waals surface area contributed by atoms with Gasteiger partial charge in [-0.2, -0.15) is 4.98 Å². The van der Waals surface area contributed by atoms with Crippen molar-refractivity contribution in [2.24, 2.45) is 7.05 Å². The van der Waals surface area contributed by atoms with Crippen LogP contribution in [0, 0.1) is 6.92 Å². The molecule has 2 heterocycles. The minimum atomic E-state index is -0.317. The van der Waals surface area contributed by atoms with Gasteiger partial charge in [0, 0.05) is 24.9 Å². The normalized spacial score (nSPS) is 12.7. The second-order valence-corrected chi connectivity index (χ2v) is 5.27. The summed E-state index contributed by atoms with van der Waals surface area (Å²) >= 11 is 0. The fraction of sp³-hybridized carbons (Fsp3) is 0.500. The molecule has 0 saturated heterocycles. The van der Waals surface area contributed by atoms with Crippen LogP contribution in [0.4, 0.5) is 0 Å². The average molecular weight is 276 g/mol. The topological polar surface area (TPSA) is 73.0 Å². The van der Waals surface area contributed by atoms with Crippen LogP contribution in [-0.4, -0.2) is 20.6 Å². The predicted octanol–water partition coefficient (Wildman–Crippen LogP) is 2.33. The van der Waals surface area contributed by atoms with E-state index < -0.39 is 0 Å². The van der Waals surface area contributed by atoms with E-state index in [0.29, 0.717) is 17.3 Å². The van der Waals surface area contributed by atoms with E-state index in [0.717, 1.165) is 5.69 Å². The Kier molecular flexibility index (Phi) is 3.92. The third-order valence-electron chi connectivity index (χ3n) is 3.32. The third kappa shape index (κ3) is 2.74. The van der Waals surface area contributed by atoms with Crippen LogP contribution in [-0.2, 0) is 7.05 Å². The first-order chi connectivity index (χ1) is 9.40. The number of nitrogens with zero attached hydrogens (tertiary/aromatic N) is 3. The van der Waals surface area contributed by atoms with Crippen LogP contribution >= 0.6 is 0 Å². The fourth-order valence-corrected chi connectivity index (χ4v) is 1.84. The van der Waals surface area contributed by atoms with Crippen LogP contribution in [0.3, 0.4) is 0 Å². The first-order valence-electron chi connectivity index (χ1n) is 6.66. The van der Waals surface area contributed by atoms with Gasteiger partial charge in [0.1, 0.15) is 6.04 Å². The molecular weight excluding hydrogens is 256 g/mol. The molecule has 0 aliphatic heterocycles. The van der Waals surface area contributed by atoms with E-state index >= 15 is 0 Å². The van der Waals surface area contributed by atoms with Gasteiger partial charge in [-0.25, -0.2) is 0 Å². The predicted molar refractivity (Wildman–Crippen MR) is 74.4 cm³/mol. The SMILES string of the molecule is Cc1c(C(=O)N[C@H](C)c2nc(C(C)C)no2)ccn1C. The Labute approximate surface area is 118 Å². The molecule has 0 bridgehead atoms. The Hall–Kier alpha value is -2.11. The van der Waals surface area contributed by atoms with Gasteiger partial charge < -0.3 is 14.4 Å². The maximum absolute atomic E-state index is 12.2. The smallest absolute Gasteiger partial charge is 0.253 e. The van der Waals surface area contributed by atoms with E-state index in [1.54, 1.807) is 6.07 Å². The van der Waals surface area contributed by atoms with Crippen molar-refractivity contribution < 1.29 is 9.32 Å². The molecule has 20 heavy (non-hydrogen) atoms. The lowest BCUT2D eigenvalue weighted by Gasteiger charge is -2.09. The highest BCUT2D eigenvalue weighted by atomic mass is 16.5. The lowest BCUT2D eigenvalue weighted by Crippen LogP contribution is -2.27. The van der Waals surface area contributed by atoms with E-state index in [1.165, 1.54) is 0 Å². The second kappa shape index (κ2) is 5.48. The zero-order chi connectivity index (χ0) is 14.9. The largest absolute Gasteiger partial charge is 0.354 e. The number of carbonyl (C=O) groups is 1. The van der Waals surface area contributed by atoms with Crippen LogP contribution in [0.15, 0.2) is 16.8 Å². The summed E-state index contributed by atoms with van der Waals surface area (Å²) in [5.74, 6) is 1.14. The molecule has 1 amide bonds. The standard InChI is InChI=1S/C14H20N4O2/c1-8(2)12-16-14(20-17-12)9(3)15-13(19)11-6-7-18(5)10(11)4/h6-9H,1-5H3,(H,15,19)/t9-/m1/s1. The number of rotatable bonds is 4. The van der Waals surface area contributed by atoms with Gasteiger partial charge in [-0.15, -0.1) is 0 Å². The summed E-state index contributed by atoms with van der Waals surface area (Å²) in [5, 5.41) is 6.77. The molecule has 0 radical (unpaired) electrons. The number of hydrogen-bond donors (Lipinski definition) is 1. The fourth-order valence-electron chi connectivity index (χ4n) is 1.84. The zero-order valence-electron chi connectivity index (χ0n) is 12.5. The highest BCUT2D eigenvalue weighted by Gasteiger charge is 2.20. The van der Waals surface area contributed by atoms with Crippen LogP contribution in [0.5, 0.6) is 0 Å². The molecular formula is C14H20N4O2. The summed E-state index contributed by atoms with van der Waals surface area (Å²) in [6.07, 6.45) is 1.86. The molecule has 2 aromatic heterocycles. The van der Waals surface area contributed by atoms with E-state index in [2.05, 4.69) is 15.5 Å². The maximum Gasteiger partial charge on any atom is 0.253 e. The Balaban J connectivity index is 2.09. The highest BCUT2D eigenvalue weighted by molar-refractivity contribution is 5.95. The second-order valence-electron chi connectivity index (χ2n) is 5.27. The molecule has 108 valence electrons. The van der Waals surface area contributed by atoms with Crippen molar-refractivity contribution in [3.8, 4) is 0 Å². The van der Waals surface area contributed by atoms with E-state index in [-0.39, 0.29) is 17.9 Å². The molecule has 0 spiro atoms. The minimum absolute atomic E-state index is 0.139. The van der Waals surface area contributed by atoms with Gasteiger partial charge in [-0.1, -0.05) is 19.0 Å². The Morgan fingerprint density at radius 3 is 2.60 bits per heavy atom. The number of nitrogens with one attached hydrogen (secondary N) is 1. The molecule has 0 saturated carbocycles. The average Bonchev–Trinajstić information content (AvgIpc) is 2.98. The number of aryl methyl sites for hydroxylation is 1. The molecule has 6 nitrogen and oxygen atoms in total. The quantitative estimate of drug-likeness (QED) is 0.930. The lowest BCUT2D eigenvalue weighted by atomic mass is 10.2. The first-order valence-corrected chi connectivity index (χ1v) is 6.66. The summed E-state index contributed by atoms with van der Waals surface area (Å²) in [4.78, 5) is 16.5. The van der Waals surface area contributed by atoms with Crippen molar-refractivity contribution >= 4 is 5.91 Å². The lowest BCUT2D eigenvalue weighted by molar-refractivity contribution is 0.0932. The van der Waals surface area contributed by atoms with Crippen LogP contribution in [0.2, 0.25) is 0 Å². The van der Waals surface area contributed by atoms with Crippen molar-refractivity contribution in [2.75, 3.05) is 0 Å². The molecule has 0 unspecified atom stereocenters. The van der Waals surface area contributed by atoms with Crippen molar-refractivity contribution in [1.29, 1.82) is 0 Å². The summed E-state index contributed by atoms with van der Waals surface area (Å²) in [6, 6.07) is 1.48. The number of aromatic nitrogens is 3. The molecule has 0 aliphatic carbocycles. The van der Waals surface area contributed by atoms with Crippen LogP contribution in [0.1, 0.15) is 60.5 Å². The Morgan fingerprint density at radius 1 is 1.40 bits per heavy atom. The molecule has 1 N–H and O–H groups in total. The van der Waals surface area contributed by atoms with Crippen LogP contribution < -0.4 is 5.32 Å². The first kappa shape index (κ1) is 14.3. The number of amides is 1. The van der Waals surface area contributed by atoms with E-state index in [9.17, 15) is 4.79 Å². The van der Waals surface area contributed by atoms with Crippen molar-refractivity contribution in [3.63, 3.8) is 0 Å². The summed E-state index contributed by atoms with van der Waals surface area (Å²) in [5.41, 5.74) is 1.58. The molecule has 6 heteroatoms. The van der Waals surface area contributed by atoms with Gasteiger partial charge in [0.2, 0.25) is 5.89 Å². The van der Waals surface area contributed by atoms with Gasteiger partial charge >= 0.3 is 0 Å². The summed E-state index contributed by atoms with van der Waals surface area (Å²) in [6.45, 7) is 7.72. The molecule has 0 aromatic carbocycles. The van der Waals surface area contributed by atoms with Crippen LogP contribution in [0.25, 0.3) is 0 Å². The van der Waals surface area contributed by atoms with Gasteiger partial charge in [0.05, 0.1) is 5.56 Å². The monoisotopic (exact) mass is 276 g/mol. The van der Waals surface area contributed by atoms with Gasteiger partial charge in [0.15, 0.2) is 5.82 Å².